The van der Waals surface area contributed by atoms with Gasteiger partial charge in [-0.3, -0.25) is 0 Å². The van der Waals surface area contributed by atoms with Gasteiger partial charge in [0.25, 0.3) is 0 Å². The SMILES string of the molecule is Cc1ccc(OCCC(N)C#N)cc1C. The summed E-state index contributed by atoms with van der Waals surface area (Å²) in [5.74, 6) is 0.836. The second-order valence-corrected chi connectivity index (χ2v) is 3.62. The highest BCUT2D eigenvalue weighted by atomic mass is 16.5. The minimum Gasteiger partial charge on any atom is -0.493 e. The van der Waals surface area contributed by atoms with E-state index in [0.29, 0.717) is 13.0 Å². The maximum absolute atomic E-state index is 8.48. The number of ether oxygens (including phenoxy) is 1. The van der Waals surface area contributed by atoms with Gasteiger partial charge < -0.3 is 10.5 Å². The molecule has 0 amide bonds. The average Bonchev–Trinajstić information content (AvgIpc) is 2.23. The average molecular weight is 204 g/mol. The summed E-state index contributed by atoms with van der Waals surface area (Å²) in [6.45, 7) is 4.59. The summed E-state index contributed by atoms with van der Waals surface area (Å²) < 4.78 is 5.48. The van der Waals surface area contributed by atoms with Crippen molar-refractivity contribution in [2.24, 2.45) is 5.73 Å². The number of nitrogens with zero attached hydrogens (tertiary/aromatic N) is 1. The molecule has 3 heteroatoms. The largest absolute Gasteiger partial charge is 0.493 e. The second kappa shape index (κ2) is 5.38. The summed E-state index contributed by atoms with van der Waals surface area (Å²) in [6, 6.07) is 7.48. The zero-order valence-electron chi connectivity index (χ0n) is 9.16. The molecule has 0 saturated carbocycles. The van der Waals surface area contributed by atoms with Crippen LogP contribution in [0.25, 0.3) is 0 Å². The lowest BCUT2D eigenvalue weighted by Crippen LogP contribution is -2.20. The molecule has 0 bridgehead atoms. The molecule has 0 aromatic heterocycles. The van der Waals surface area contributed by atoms with Crippen molar-refractivity contribution in [1.82, 2.24) is 0 Å². The third kappa shape index (κ3) is 3.61. The third-order valence-electron chi connectivity index (χ3n) is 2.34. The van der Waals surface area contributed by atoms with E-state index in [9.17, 15) is 0 Å². The third-order valence-corrected chi connectivity index (χ3v) is 2.34. The van der Waals surface area contributed by atoms with Crippen LogP contribution < -0.4 is 10.5 Å². The molecule has 0 aliphatic rings. The van der Waals surface area contributed by atoms with Crippen molar-refractivity contribution in [1.29, 1.82) is 5.26 Å². The van der Waals surface area contributed by atoms with Gasteiger partial charge in [-0.05, 0) is 37.1 Å². The fraction of sp³-hybridized carbons (Fsp3) is 0.417. The smallest absolute Gasteiger partial charge is 0.119 e. The molecule has 0 aliphatic carbocycles. The van der Waals surface area contributed by atoms with Crippen molar-refractivity contribution in [2.75, 3.05) is 6.61 Å². The van der Waals surface area contributed by atoms with Gasteiger partial charge in [-0.2, -0.15) is 5.26 Å². The van der Waals surface area contributed by atoms with Gasteiger partial charge in [0.05, 0.1) is 18.7 Å². The van der Waals surface area contributed by atoms with Crippen LogP contribution in [0.2, 0.25) is 0 Å². The Morgan fingerprint density at radius 2 is 2.13 bits per heavy atom. The van der Waals surface area contributed by atoms with Crippen LogP contribution in [0.3, 0.4) is 0 Å². The second-order valence-electron chi connectivity index (χ2n) is 3.62. The maximum Gasteiger partial charge on any atom is 0.119 e. The normalized spacial score (nSPS) is 11.9. The number of benzene rings is 1. The fourth-order valence-corrected chi connectivity index (χ4v) is 1.17. The van der Waals surface area contributed by atoms with E-state index in [1.54, 1.807) is 0 Å². The van der Waals surface area contributed by atoms with E-state index in [2.05, 4.69) is 6.92 Å². The standard InChI is InChI=1S/C12H16N2O/c1-9-3-4-12(7-10(9)2)15-6-5-11(14)8-13/h3-4,7,11H,5-6,14H2,1-2H3. The summed E-state index contributed by atoms with van der Waals surface area (Å²) in [5.41, 5.74) is 7.90. The van der Waals surface area contributed by atoms with Crippen molar-refractivity contribution in [2.45, 2.75) is 26.3 Å². The van der Waals surface area contributed by atoms with Gasteiger partial charge in [-0.25, -0.2) is 0 Å². The molecular weight excluding hydrogens is 188 g/mol. The minimum atomic E-state index is -0.434. The van der Waals surface area contributed by atoms with Crippen LogP contribution >= 0.6 is 0 Å². The summed E-state index contributed by atoms with van der Waals surface area (Å²) in [7, 11) is 0. The van der Waals surface area contributed by atoms with Crippen molar-refractivity contribution in [3.05, 3.63) is 29.3 Å². The van der Waals surface area contributed by atoms with E-state index in [1.807, 2.05) is 31.2 Å². The van der Waals surface area contributed by atoms with Crippen molar-refractivity contribution < 1.29 is 4.74 Å². The van der Waals surface area contributed by atoms with Crippen LogP contribution in [0.1, 0.15) is 17.5 Å². The molecule has 1 atom stereocenters. The first kappa shape index (κ1) is 11.5. The number of hydrogen-bond donors (Lipinski definition) is 1. The van der Waals surface area contributed by atoms with E-state index in [4.69, 9.17) is 15.7 Å². The Morgan fingerprint density at radius 1 is 1.40 bits per heavy atom. The molecule has 1 aromatic rings. The molecule has 1 aromatic carbocycles. The fourth-order valence-electron chi connectivity index (χ4n) is 1.17. The number of nitrogens with two attached hydrogens (primary N) is 1. The molecular formula is C12H16N2O. The first-order valence-corrected chi connectivity index (χ1v) is 4.98. The van der Waals surface area contributed by atoms with E-state index in [0.717, 1.165) is 5.75 Å². The molecule has 0 heterocycles. The Labute approximate surface area is 90.5 Å². The summed E-state index contributed by atoms with van der Waals surface area (Å²) in [4.78, 5) is 0. The summed E-state index contributed by atoms with van der Waals surface area (Å²) >= 11 is 0. The predicted octanol–water partition coefficient (Wildman–Crippen LogP) is 1.92. The lowest BCUT2D eigenvalue weighted by atomic mass is 10.1. The molecule has 0 spiro atoms. The summed E-state index contributed by atoms with van der Waals surface area (Å²) in [5, 5.41) is 8.48. The van der Waals surface area contributed by atoms with Crippen molar-refractivity contribution in [3.63, 3.8) is 0 Å². The predicted molar refractivity (Wildman–Crippen MR) is 59.6 cm³/mol. The highest BCUT2D eigenvalue weighted by Gasteiger charge is 2.01. The molecule has 0 saturated heterocycles. The molecule has 1 rings (SSSR count). The van der Waals surface area contributed by atoms with Crippen LogP contribution in [0, 0.1) is 25.2 Å². The molecule has 3 nitrogen and oxygen atoms in total. The molecule has 80 valence electrons. The van der Waals surface area contributed by atoms with Crippen LogP contribution in [0.5, 0.6) is 5.75 Å². The highest BCUT2D eigenvalue weighted by Crippen LogP contribution is 2.16. The number of nitriles is 1. The van der Waals surface area contributed by atoms with Crippen molar-refractivity contribution in [3.8, 4) is 11.8 Å². The molecule has 0 radical (unpaired) electrons. The van der Waals surface area contributed by atoms with Gasteiger partial charge in [0.1, 0.15) is 5.75 Å². The minimum absolute atomic E-state index is 0.434. The highest BCUT2D eigenvalue weighted by molar-refractivity contribution is 5.33. The number of hydrogen-bond acceptors (Lipinski definition) is 3. The molecule has 0 aliphatic heterocycles. The van der Waals surface area contributed by atoms with Crippen molar-refractivity contribution >= 4 is 0 Å². The molecule has 0 fully saturated rings. The lowest BCUT2D eigenvalue weighted by molar-refractivity contribution is 0.306. The van der Waals surface area contributed by atoms with Gasteiger partial charge in [0.15, 0.2) is 0 Å². The quantitative estimate of drug-likeness (QED) is 0.815. The Kier molecular flexibility index (Phi) is 4.14. The van der Waals surface area contributed by atoms with E-state index >= 15 is 0 Å². The van der Waals surface area contributed by atoms with Gasteiger partial charge in [-0.15, -0.1) is 0 Å². The number of rotatable bonds is 4. The zero-order chi connectivity index (χ0) is 11.3. The van der Waals surface area contributed by atoms with Gasteiger partial charge in [-0.1, -0.05) is 6.07 Å². The number of aryl methyl sites for hydroxylation is 2. The van der Waals surface area contributed by atoms with E-state index in [1.165, 1.54) is 11.1 Å². The monoisotopic (exact) mass is 204 g/mol. The Morgan fingerprint density at radius 3 is 2.73 bits per heavy atom. The van der Waals surface area contributed by atoms with Crippen LogP contribution in [-0.4, -0.2) is 12.6 Å². The van der Waals surface area contributed by atoms with Crippen LogP contribution in [0.4, 0.5) is 0 Å². The molecule has 2 N–H and O–H groups in total. The van der Waals surface area contributed by atoms with E-state index in [-0.39, 0.29) is 0 Å². The first-order chi connectivity index (χ1) is 7.13. The zero-order valence-corrected chi connectivity index (χ0v) is 9.16. The van der Waals surface area contributed by atoms with Gasteiger partial charge in [0, 0.05) is 6.42 Å². The molecule has 1 unspecified atom stereocenters. The Bertz CT molecular complexity index is 368. The maximum atomic E-state index is 8.48. The summed E-state index contributed by atoms with van der Waals surface area (Å²) in [6.07, 6.45) is 0.559. The first-order valence-electron chi connectivity index (χ1n) is 4.98. The van der Waals surface area contributed by atoms with Gasteiger partial charge >= 0.3 is 0 Å². The van der Waals surface area contributed by atoms with Gasteiger partial charge in [0.2, 0.25) is 0 Å². The van der Waals surface area contributed by atoms with E-state index < -0.39 is 6.04 Å². The Hall–Kier alpha value is -1.53. The van der Waals surface area contributed by atoms with Crippen LogP contribution in [-0.2, 0) is 0 Å². The Balaban J connectivity index is 2.45. The topological polar surface area (TPSA) is 59.0 Å². The molecule has 15 heavy (non-hydrogen) atoms. The lowest BCUT2D eigenvalue weighted by Gasteiger charge is -2.08. The van der Waals surface area contributed by atoms with Crippen LogP contribution in [0.15, 0.2) is 18.2 Å².